The van der Waals surface area contributed by atoms with Crippen molar-refractivity contribution in [3.05, 3.63) is 29.6 Å². The first-order valence-corrected chi connectivity index (χ1v) is 7.55. The van der Waals surface area contributed by atoms with Crippen LogP contribution in [0, 0.1) is 0 Å². The summed E-state index contributed by atoms with van der Waals surface area (Å²) in [6.45, 7) is 1.43. The first-order chi connectivity index (χ1) is 10.3. The molecule has 0 spiro atoms. The van der Waals surface area contributed by atoms with Gasteiger partial charge in [-0.3, -0.25) is 4.79 Å². The maximum absolute atomic E-state index is 11.8. The van der Waals surface area contributed by atoms with Gasteiger partial charge in [0.1, 0.15) is 11.6 Å². The van der Waals surface area contributed by atoms with E-state index in [0.29, 0.717) is 24.3 Å². The van der Waals surface area contributed by atoms with Gasteiger partial charge in [-0.05, 0) is 25.0 Å². The van der Waals surface area contributed by atoms with Crippen molar-refractivity contribution in [2.45, 2.75) is 38.6 Å². The van der Waals surface area contributed by atoms with Crippen molar-refractivity contribution in [1.82, 2.24) is 14.8 Å². The predicted molar refractivity (Wildman–Crippen MR) is 77.5 cm³/mol. The molecule has 108 valence electrons. The fourth-order valence-electron chi connectivity index (χ4n) is 3.10. The maximum Gasteiger partial charge on any atom is 0.169 e. The predicted octanol–water partition coefficient (Wildman–Crippen LogP) is 2.64. The number of nitrogens with zero attached hydrogens (tertiary/aromatic N) is 3. The molecule has 2 aromatic rings. The monoisotopic (exact) mass is 283 g/mol. The summed E-state index contributed by atoms with van der Waals surface area (Å²) in [6, 6.07) is 5.73. The number of aromatic nitrogens is 3. The number of fused-ring (bicyclic) bond motifs is 2. The smallest absolute Gasteiger partial charge is 0.169 e. The van der Waals surface area contributed by atoms with E-state index >= 15 is 0 Å². The van der Waals surface area contributed by atoms with Crippen LogP contribution in [0.3, 0.4) is 0 Å². The fraction of sp³-hybridized carbons (Fsp3) is 0.438. The minimum absolute atomic E-state index is 0.155. The van der Waals surface area contributed by atoms with Gasteiger partial charge in [-0.1, -0.05) is 12.5 Å². The van der Waals surface area contributed by atoms with E-state index in [-0.39, 0.29) is 5.78 Å². The molecule has 0 aliphatic carbocycles. The second kappa shape index (κ2) is 4.98. The molecule has 0 N–H and O–H groups in total. The van der Waals surface area contributed by atoms with Crippen molar-refractivity contribution in [2.75, 3.05) is 6.61 Å². The Bertz CT molecular complexity index is 706. The molecule has 0 unspecified atom stereocenters. The minimum atomic E-state index is 0.155. The number of ketones is 1. The molecule has 21 heavy (non-hydrogen) atoms. The van der Waals surface area contributed by atoms with Crippen molar-refractivity contribution < 1.29 is 9.53 Å². The van der Waals surface area contributed by atoms with Crippen molar-refractivity contribution >= 4 is 5.78 Å². The summed E-state index contributed by atoms with van der Waals surface area (Å²) >= 11 is 0. The zero-order valence-corrected chi connectivity index (χ0v) is 11.8. The molecular weight excluding hydrogens is 266 g/mol. The first-order valence-electron chi connectivity index (χ1n) is 7.55. The van der Waals surface area contributed by atoms with Gasteiger partial charge in [0.05, 0.1) is 12.2 Å². The zero-order valence-electron chi connectivity index (χ0n) is 11.8. The second-order valence-electron chi connectivity index (χ2n) is 5.63. The molecule has 1 aromatic carbocycles. The average molecular weight is 283 g/mol. The van der Waals surface area contributed by atoms with Gasteiger partial charge in [0, 0.05) is 24.9 Å². The Morgan fingerprint density at radius 2 is 2.05 bits per heavy atom. The SMILES string of the molecule is O=C1CCOc2cc(-c3nnc4n3CCCCC4)ccc21. The molecule has 0 radical (unpaired) electrons. The second-order valence-corrected chi connectivity index (χ2v) is 5.63. The van der Waals surface area contributed by atoms with E-state index in [1.54, 1.807) is 0 Å². The molecule has 0 amide bonds. The number of carbonyl (C=O) groups excluding carboxylic acids is 1. The van der Waals surface area contributed by atoms with Crippen molar-refractivity contribution in [2.24, 2.45) is 0 Å². The largest absolute Gasteiger partial charge is 0.492 e. The molecule has 5 heteroatoms. The van der Waals surface area contributed by atoms with Crippen LogP contribution in [0.1, 0.15) is 41.9 Å². The molecular formula is C16H17N3O2. The van der Waals surface area contributed by atoms with Crippen LogP contribution in [0.15, 0.2) is 18.2 Å². The topological polar surface area (TPSA) is 57.0 Å². The third-order valence-corrected chi connectivity index (χ3v) is 4.24. The lowest BCUT2D eigenvalue weighted by Gasteiger charge is -2.17. The van der Waals surface area contributed by atoms with Gasteiger partial charge >= 0.3 is 0 Å². The third-order valence-electron chi connectivity index (χ3n) is 4.24. The van der Waals surface area contributed by atoms with E-state index < -0.39 is 0 Å². The van der Waals surface area contributed by atoms with Gasteiger partial charge < -0.3 is 9.30 Å². The fourth-order valence-corrected chi connectivity index (χ4v) is 3.10. The van der Waals surface area contributed by atoms with Gasteiger partial charge in [-0.15, -0.1) is 10.2 Å². The Labute approximate surface area is 122 Å². The van der Waals surface area contributed by atoms with Crippen LogP contribution in [0.4, 0.5) is 0 Å². The molecule has 2 aliphatic heterocycles. The Morgan fingerprint density at radius 3 is 3.00 bits per heavy atom. The third kappa shape index (κ3) is 2.13. The summed E-state index contributed by atoms with van der Waals surface area (Å²) in [6.07, 6.45) is 5.04. The highest BCUT2D eigenvalue weighted by Crippen LogP contribution is 2.31. The Hall–Kier alpha value is -2.17. The van der Waals surface area contributed by atoms with Gasteiger partial charge in [0.2, 0.25) is 0 Å². The highest BCUT2D eigenvalue weighted by molar-refractivity contribution is 6.00. The van der Waals surface area contributed by atoms with Crippen molar-refractivity contribution in [3.8, 4) is 17.1 Å². The van der Waals surface area contributed by atoms with Crippen molar-refractivity contribution in [1.29, 1.82) is 0 Å². The highest BCUT2D eigenvalue weighted by Gasteiger charge is 2.21. The summed E-state index contributed by atoms with van der Waals surface area (Å²) in [5, 5.41) is 8.68. The number of aryl methyl sites for hydroxylation is 1. The van der Waals surface area contributed by atoms with Crippen LogP contribution in [0.25, 0.3) is 11.4 Å². The average Bonchev–Trinajstić information content (AvgIpc) is 2.76. The van der Waals surface area contributed by atoms with Crippen LogP contribution < -0.4 is 4.74 Å². The lowest BCUT2D eigenvalue weighted by molar-refractivity contribution is 0.0933. The quantitative estimate of drug-likeness (QED) is 0.807. The normalized spacial score (nSPS) is 17.6. The summed E-state index contributed by atoms with van der Waals surface area (Å²) in [7, 11) is 0. The molecule has 0 saturated heterocycles. The van der Waals surface area contributed by atoms with Crippen LogP contribution in [-0.2, 0) is 13.0 Å². The lowest BCUT2D eigenvalue weighted by Crippen LogP contribution is -2.15. The summed E-state index contributed by atoms with van der Waals surface area (Å²) in [5.74, 6) is 2.78. The van der Waals surface area contributed by atoms with E-state index in [1.807, 2.05) is 18.2 Å². The van der Waals surface area contributed by atoms with Crippen LogP contribution in [0.5, 0.6) is 5.75 Å². The van der Waals surface area contributed by atoms with Gasteiger partial charge in [0.15, 0.2) is 11.6 Å². The standard InChI is InChI=1S/C16H17N3O2/c20-13-7-9-21-14-10-11(5-6-12(13)14)16-18-17-15-4-2-1-3-8-19(15)16/h5-6,10H,1-4,7-9H2. The molecule has 0 saturated carbocycles. The Kier molecular flexibility index (Phi) is 2.98. The Balaban J connectivity index is 1.77. The number of rotatable bonds is 1. The number of carbonyl (C=O) groups is 1. The molecule has 0 fully saturated rings. The number of ether oxygens (including phenoxy) is 1. The van der Waals surface area contributed by atoms with Crippen LogP contribution in [0.2, 0.25) is 0 Å². The number of hydrogen-bond acceptors (Lipinski definition) is 4. The zero-order chi connectivity index (χ0) is 14.2. The van der Waals surface area contributed by atoms with E-state index in [0.717, 1.165) is 36.6 Å². The molecule has 0 atom stereocenters. The van der Waals surface area contributed by atoms with Crippen LogP contribution in [-0.4, -0.2) is 27.2 Å². The summed E-state index contributed by atoms with van der Waals surface area (Å²) in [5.41, 5.74) is 1.66. The molecule has 3 heterocycles. The van der Waals surface area contributed by atoms with E-state index in [2.05, 4.69) is 14.8 Å². The minimum Gasteiger partial charge on any atom is -0.492 e. The Morgan fingerprint density at radius 1 is 1.10 bits per heavy atom. The first kappa shape index (κ1) is 12.6. The van der Waals surface area contributed by atoms with Gasteiger partial charge in [-0.25, -0.2) is 0 Å². The number of benzene rings is 1. The van der Waals surface area contributed by atoms with Gasteiger partial charge in [-0.2, -0.15) is 0 Å². The molecule has 4 rings (SSSR count). The summed E-state index contributed by atoms with van der Waals surface area (Å²) in [4.78, 5) is 11.8. The van der Waals surface area contributed by atoms with Gasteiger partial charge in [0.25, 0.3) is 0 Å². The number of Topliss-reactive ketones (excluding diaryl/α,β-unsaturated/α-hetero) is 1. The lowest BCUT2D eigenvalue weighted by atomic mass is 10.0. The highest BCUT2D eigenvalue weighted by atomic mass is 16.5. The van der Waals surface area contributed by atoms with E-state index in [4.69, 9.17) is 4.74 Å². The maximum atomic E-state index is 11.8. The van der Waals surface area contributed by atoms with E-state index in [1.165, 1.54) is 12.8 Å². The van der Waals surface area contributed by atoms with Crippen LogP contribution >= 0.6 is 0 Å². The molecule has 1 aromatic heterocycles. The summed E-state index contributed by atoms with van der Waals surface area (Å²) < 4.78 is 7.83. The number of hydrogen-bond donors (Lipinski definition) is 0. The molecule has 2 aliphatic rings. The van der Waals surface area contributed by atoms with Crippen molar-refractivity contribution in [3.63, 3.8) is 0 Å². The van der Waals surface area contributed by atoms with E-state index in [9.17, 15) is 4.79 Å². The molecule has 0 bridgehead atoms. The molecule has 5 nitrogen and oxygen atoms in total.